The maximum atomic E-state index is 11.5. The van der Waals surface area contributed by atoms with Gasteiger partial charge in [0.15, 0.2) is 5.82 Å². The molecule has 2 aromatic rings. The van der Waals surface area contributed by atoms with Crippen LogP contribution in [0.3, 0.4) is 0 Å². The molecule has 96 valence electrons. The van der Waals surface area contributed by atoms with Crippen molar-refractivity contribution in [3.63, 3.8) is 0 Å². The van der Waals surface area contributed by atoms with Gasteiger partial charge in [-0.05, 0) is 19.1 Å². The Morgan fingerprint density at radius 2 is 2.39 bits per heavy atom. The summed E-state index contributed by atoms with van der Waals surface area (Å²) >= 11 is 0. The van der Waals surface area contributed by atoms with Crippen molar-refractivity contribution in [2.45, 2.75) is 19.9 Å². The van der Waals surface area contributed by atoms with Crippen molar-refractivity contribution in [3.05, 3.63) is 36.0 Å². The fraction of sp³-hybridized carbons (Fsp3) is 0.333. The highest BCUT2D eigenvalue weighted by molar-refractivity contribution is 5.76. The Kier molecular flexibility index (Phi) is 4.01. The largest absolute Gasteiger partial charge is 0.467 e. The molecule has 0 aliphatic carbocycles. The van der Waals surface area contributed by atoms with Crippen LogP contribution in [-0.4, -0.2) is 17.6 Å². The van der Waals surface area contributed by atoms with Gasteiger partial charge >= 0.3 is 0 Å². The third-order valence-corrected chi connectivity index (χ3v) is 2.33. The highest BCUT2D eigenvalue weighted by atomic mass is 16.5. The van der Waals surface area contributed by atoms with Crippen molar-refractivity contribution in [1.82, 2.24) is 10.5 Å². The van der Waals surface area contributed by atoms with Crippen LogP contribution in [0.1, 0.15) is 17.9 Å². The second-order valence-electron chi connectivity index (χ2n) is 3.86. The zero-order valence-corrected chi connectivity index (χ0v) is 10.1. The van der Waals surface area contributed by atoms with Crippen molar-refractivity contribution >= 4 is 11.7 Å². The van der Waals surface area contributed by atoms with Gasteiger partial charge in [-0.15, -0.1) is 0 Å². The summed E-state index contributed by atoms with van der Waals surface area (Å²) in [7, 11) is 0. The first-order valence-electron chi connectivity index (χ1n) is 5.70. The summed E-state index contributed by atoms with van der Waals surface area (Å²) in [6.45, 7) is 2.74. The van der Waals surface area contributed by atoms with E-state index in [0.29, 0.717) is 25.3 Å². The van der Waals surface area contributed by atoms with Crippen LogP contribution in [-0.2, 0) is 11.3 Å². The minimum atomic E-state index is -0.0425. The lowest BCUT2D eigenvalue weighted by molar-refractivity contribution is -0.121. The van der Waals surface area contributed by atoms with Crippen molar-refractivity contribution in [3.8, 4) is 0 Å². The normalized spacial score (nSPS) is 10.3. The van der Waals surface area contributed by atoms with E-state index in [4.69, 9.17) is 8.94 Å². The van der Waals surface area contributed by atoms with E-state index in [1.807, 2.05) is 13.0 Å². The molecule has 0 aromatic carbocycles. The second kappa shape index (κ2) is 5.90. The average Bonchev–Trinajstić information content (AvgIpc) is 2.98. The van der Waals surface area contributed by atoms with E-state index in [0.717, 1.165) is 11.5 Å². The van der Waals surface area contributed by atoms with E-state index >= 15 is 0 Å². The molecule has 6 nitrogen and oxygen atoms in total. The molecule has 2 aromatic heterocycles. The molecule has 0 aliphatic rings. The smallest absolute Gasteiger partial charge is 0.222 e. The number of aromatic nitrogens is 1. The van der Waals surface area contributed by atoms with Gasteiger partial charge in [0.2, 0.25) is 5.91 Å². The van der Waals surface area contributed by atoms with E-state index in [-0.39, 0.29) is 5.91 Å². The number of carbonyl (C=O) groups is 1. The maximum absolute atomic E-state index is 11.5. The van der Waals surface area contributed by atoms with Crippen LogP contribution in [0.4, 0.5) is 5.82 Å². The van der Waals surface area contributed by atoms with Gasteiger partial charge in [0, 0.05) is 19.0 Å². The van der Waals surface area contributed by atoms with E-state index < -0.39 is 0 Å². The quantitative estimate of drug-likeness (QED) is 0.814. The molecule has 0 saturated carbocycles. The van der Waals surface area contributed by atoms with Crippen molar-refractivity contribution in [2.75, 3.05) is 11.9 Å². The first-order chi connectivity index (χ1) is 8.74. The van der Waals surface area contributed by atoms with E-state index in [9.17, 15) is 4.79 Å². The molecule has 2 N–H and O–H groups in total. The van der Waals surface area contributed by atoms with Gasteiger partial charge in [-0.2, -0.15) is 0 Å². The van der Waals surface area contributed by atoms with Crippen LogP contribution in [0.5, 0.6) is 0 Å². The minimum absolute atomic E-state index is 0.0425. The average molecular weight is 249 g/mol. The molecular formula is C12H15N3O3. The van der Waals surface area contributed by atoms with Crippen LogP contribution in [0.15, 0.2) is 33.4 Å². The van der Waals surface area contributed by atoms with Gasteiger partial charge in [0.1, 0.15) is 11.5 Å². The Hall–Kier alpha value is -2.24. The first-order valence-corrected chi connectivity index (χ1v) is 5.70. The molecular weight excluding hydrogens is 234 g/mol. The van der Waals surface area contributed by atoms with Gasteiger partial charge in [-0.1, -0.05) is 5.16 Å². The van der Waals surface area contributed by atoms with Crippen molar-refractivity contribution < 1.29 is 13.7 Å². The van der Waals surface area contributed by atoms with Gasteiger partial charge in [-0.3, -0.25) is 4.79 Å². The van der Waals surface area contributed by atoms with Crippen molar-refractivity contribution in [1.29, 1.82) is 0 Å². The number of nitrogens with zero attached hydrogens (tertiary/aromatic N) is 1. The SMILES string of the molecule is Cc1cc(NCCC(=O)NCc2ccco2)no1. The zero-order chi connectivity index (χ0) is 12.8. The molecule has 0 aliphatic heterocycles. The van der Waals surface area contributed by atoms with E-state index in [1.165, 1.54) is 0 Å². The third-order valence-electron chi connectivity index (χ3n) is 2.33. The summed E-state index contributed by atoms with van der Waals surface area (Å²) in [4.78, 5) is 11.5. The molecule has 2 rings (SSSR count). The van der Waals surface area contributed by atoms with Gasteiger partial charge in [0.25, 0.3) is 0 Å². The zero-order valence-electron chi connectivity index (χ0n) is 10.1. The molecule has 0 atom stereocenters. The van der Waals surface area contributed by atoms with E-state index in [2.05, 4.69) is 15.8 Å². The molecule has 6 heteroatoms. The predicted octanol–water partition coefficient (Wildman–Crippen LogP) is 1.69. The van der Waals surface area contributed by atoms with Crippen molar-refractivity contribution in [2.24, 2.45) is 0 Å². The van der Waals surface area contributed by atoms with Crippen LogP contribution in [0.2, 0.25) is 0 Å². The highest BCUT2D eigenvalue weighted by Gasteiger charge is 2.04. The monoisotopic (exact) mass is 249 g/mol. The number of hydrogen-bond acceptors (Lipinski definition) is 5. The van der Waals surface area contributed by atoms with Gasteiger partial charge in [0.05, 0.1) is 12.8 Å². The molecule has 0 bridgehead atoms. The number of furan rings is 1. The number of aryl methyl sites for hydroxylation is 1. The maximum Gasteiger partial charge on any atom is 0.222 e. The van der Waals surface area contributed by atoms with Crippen LogP contribution >= 0.6 is 0 Å². The Morgan fingerprint density at radius 3 is 3.06 bits per heavy atom. The topological polar surface area (TPSA) is 80.3 Å². The molecule has 0 saturated heterocycles. The van der Waals surface area contributed by atoms with Gasteiger partial charge < -0.3 is 19.6 Å². The van der Waals surface area contributed by atoms with Crippen LogP contribution in [0, 0.1) is 6.92 Å². The van der Waals surface area contributed by atoms with E-state index in [1.54, 1.807) is 18.4 Å². The molecule has 0 fully saturated rings. The number of carbonyl (C=O) groups excluding carboxylic acids is 1. The molecule has 2 heterocycles. The molecule has 0 spiro atoms. The highest BCUT2D eigenvalue weighted by Crippen LogP contribution is 2.06. The summed E-state index contributed by atoms with van der Waals surface area (Å²) in [6, 6.07) is 5.38. The molecule has 0 radical (unpaired) electrons. The van der Waals surface area contributed by atoms with Gasteiger partial charge in [-0.25, -0.2) is 0 Å². The standard InChI is InChI=1S/C12H15N3O3/c1-9-7-11(15-18-9)13-5-4-12(16)14-8-10-3-2-6-17-10/h2-3,6-7H,4-5,8H2,1H3,(H,13,15)(H,14,16). The number of rotatable bonds is 6. The predicted molar refractivity (Wildman–Crippen MR) is 64.9 cm³/mol. The summed E-state index contributed by atoms with van der Waals surface area (Å²) in [6.07, 6.45) is 1.95. The molecule has 1 amide bonds. The fourth-order valence-electron chi connectivity index (χ4n) is 1.44. The second-order valence-corrected chi connectivity index (χ2v) is 3.86. The lowest BCUT2D eigenvalue weighted by Gasteiger charge is -2.03. The summed E-state index contributed by atoms with van der Waals surface area (Å²) in [5, 5.41) is 9.53. The number of anilines is 1. The molecule has 0 unspecified atom stereocenters. The summed E-state index contributed by atoms with van der Waals surface area (Å²) in [5.74, 6) is 2.08. The number of hydrogen-bond donors (Lipinski definition) is 2. The number of amides is 1. The first kappa shape index (κ1) is 12.2. The van der Waals surface area contributed by atoms with Crippen LogP contribution < -0.4 is 10.6 Å². The Morgan fingerprint density at radius 1 is 1.50 bits per heavy atom. The minimum Gasteiger partial charge on any atom is -0.467 e. The number of nitrogens with one attached hydrogen (secondary N) is 2. The lowest BCUT2D eigenvalue weighted by atomic mass is 10.3. The Labute approximate surface area is 104 Å². The lowest BCUT2D eigenvalue weighted by Crippen LogP contribution is -2.24. The summed E-state index contributed by atoms with van der Waals surface area (Å²) < 4.78 is 10.0. The third kappa shape index (κ3) is 3.65. The Balaban J connectivity index is 1.63. The van der Waals surface area contributed by atoms with Crippen LogP contribution in [0.25, 0.3) is 0 Å². The molecule has 18 heavy (non-hydrogen) atoms. The summed E-state index contributed by atoms with van der Waals surface area (Å²) in [5.41, 5.74) is 0. The Bertz CT molecular complexity index is 490. The fourth-order valence-corrected chi connectivity index (χ4v) is 1.44.